The molecule has 0 aromatic carbocycles. The van der Waals surface area contributed by atoms with E-state index in [-0.39, 0.29) is 11.3 Å². The lowest BCUT2D eigenvalue weighted by atomic mass is 9.47. The monoisotopic (exact) mass is 408 g/mol. The van der Waals surface area contributed by atoms with Crippen molar-refractivity contribution < 1.29 is 4.79 Å². The molecule has 2 saturated carbocycles. The summed E-state index contributed by atoms with van der Waals surface area (Å²) >= 11 is 0. The highest BCUT2D eigenvalue weighted by molar-refractivity contribution is 5.95. The van der Waals surface area contributed by atoms with Gasteiger partial charge in [-0.05, 0) is 103 Å². The van der Waals surface area contributed by atoms with Crippen molar-refractivity contribution >= 4 is 5.78 Å². The van der Waals surface area contributed by atoms with E-state index in [1.807, 2.05) is 6.08 Å². The molecule has 8 unspecified atom stereocenters. The van der Waals surface area contributed by atoms with Gasteiger partial charge in [-0.2, -0.15) is 0 Å². The van der Waals surface area contributed by atoms with E-state index in [0.717, 1.165) is 5.92 Å². The maximum absolute atomic E-state index is 13.4. The summed E-state index contributed by atoms with van der Waals surface area (Å²) < 4.78 is 0. The molecule has 4 aliphatic rings. The third kappa shape index (κ3) is 3.39. The van der Waals surface area contributed by atoms with E-state index in [1.54, 1.807) is 0 Å². The Labute approximate surface area is 185 Å². The molecular weight excluding hydrogens is 364 g/mol. The van der Waals surface area contributed by atoms with Gasteiger partial charge >= 0.3 is 0 Å². The highest BCUT2D eigenvalue weighted by atomic mass is 16.1. The fraction of sp³-hybridized carbons (Fsp3) is 0.759. The van der Waals surface area contributed by atoms with Gasteiger partial charge in [0.2, 0.25) is 0 Å². The Hall–Kier alpha value is -1.11. The van der Waals surface area contributed by atoms with E-state index in [0.29, 0.717) is 40.8 Å². The molecule has 0 aliphatic heterocycles. The zero-order valence-electron chi connectivity index (χ0n) is 20.3. The first-order chi connectivity index (χ1) is 14.2. The van der Waals surface area contributed by atoms with Crippen molar-refractivity contribution in [1.29, 1.82) is 0 Å². The molecule has 0 saturated heterocycles. The van der Waals surface area contributed by atoms with E-state index < -0.39 is 0 Å². The first-order valence-corrected chi connectivity index (χ1v) is 12.8. The maximum atomic E-state index is 13.4. The molecule has 0 heterocycles. The van der Waals surface area contributed by atoms with E-state index in [9.17, 15) is 4.79 Å². The smallest absolute Gasteiger partial charge is 0.159 e. The van der Waals surface area contributed by atoms with Crippen LogP contribution in [0.5, 0.6) is 0 Å². The molecule has 0 amide bonds. The van der Waals surface area contributed by atoms with Gasteiger partial charge in [-0.25, -0.2) is 0 Å². The number of ketones is 1. The number of hydrogen-bond donors (Lipinski definition) is 0. The van der Waals surface area contributed by atoms with Crippen LogP contribution in [0.25, 0.3) is 0 Å². The van der Waals surface area contributed by atoms with Gasteiger partial charge in [-0.15, -0.1) is 0 Å². The second-order valence-corrected chi connectivity index (χ2v) is 11.9. The average Bonchev–Trinajstić information content (AvgIpc) is 3.05. The quantitative estimate of drug-likeness (QED) is 0.424. The van der Waals surface area contributed by atoms with Crippen molar-refractivity contribution in [2.45, 2.75) is 86.5 Å². The van der Waals surface area contributed by atoms with Crippen LogP contribution in [0, 0.1) is 52.3 Å². The third-order valence-electron chi connectivity index (χ3n) is 10.2. The molecule has 0 bridgehead atoms. The zero-order chi connectivity index (χ0) is 21.7. The Morgan fingerprint density at radius 3 is 2.53 bits per heavy atom. The van der Waals surface area contributed by atoms with Gasteiger partial charge in [0, 0.05) is 5.92 Å². The van der Waals surface area contributed by atoms with E-state index in [2.05, 4.69) is 65.8 Å². The molecule has 8 atom stereocenters. The summed E-state index contributed by atoms with van der Waals surface area (Å²) in [6.07, 6.45) is 20.3. The number of rotatable bonds is 5. The Morgan fingerprint density at radius 1 is 1.07 bits per heavy atom. The standard InChI is InChI=1S/C29H44O/c1-7-21(19(2)3)12-11-20(4)23-13-14-24-27-25(15-17-29(23,24)6)28(5)16-9-8-10-22(28)18-26(27)30/h8,10-12,18-21,23-25,27H,7,9,13-17H2,1-6H3. The lowest BCUT2D eigenvalue weighted by Gasteiger charge is -2.56. The lowest BCUT2D eigenvalue weighted by molar-refractivity contribution is -0.133. The Bertz CT molecular complexity index is 754. The third-order valence-corrected chi connectivity index (χ3v) is 10.2. The average molecular weight is 409 g/mol. The number of fused-ring (bicyclic) bond motifs is 5. The van der Waals surface area contributed by atoms with Gasteiger partial charge in [0.05, 0.1) is 0 Å². The summed E-state index contributed by atoms with van der Waals surface area (Å²) in [7, 11) is 0. The number of carbonyl (C=O) groups excluding carboxylic acids is 1. The van der Waals surface area contributed by atoms with Crippen LogP contribution in [0.3, 0.4) is 0 Å². The fourth-order valence-electron chi connectivity index (χ4n) is 8.23. The molecule has 1 heteroatoms. The van der Waals surface area contributed by atoms with Crippen LogP contribution in [0.2, 0.25) is 0 Å². The summed E-state index contributed by atoms with van der Waals surface area (Å²) in [5, 5.41) is 0. The summed E-state index contributed by atoms with van der Waals surface area (Å²) in [6.45, 7) is 14.5. The normalized spacial score (nSPS) is 42.6. The van der Waals surface area contributed by atoms with Crippen LogP contribution in [0.4, 0.5) is 0 Å². The summed E-state index contributed by atoms with van der Waals surface area (Å²) in [5.74, 6) is 4.60. The first-order valence-electron chi connectivity index (χ1n) is 12.8. The molecule has 4 aliphatic carbocycles. The lowest BCUT2D eigenvalue weighted by Crippen LogP contribution is -2.52. The predicted octanol–water partition coefficient (Wildman–Crippen LogP) is 7.79. The molecule has 2 fully saturated rings. The Kier molecular flexibility index (Phi) is 5.97. The van der Waals surface area contributed by atoms with Crippen LogP contribution in [0.1, 0.15) is 86.5 Å². The van der Waals surface area contributed by atoms with Gasteiger partial charge in [0.1, 0.15) is 0 Å². The van der Waals surface area contributed by atoms with Crippen LogP contribution in [0.15, 0.2) is 36.0 Å². The van der Waals surface area contributed by atoms with Gasteiger partial charge < -0.3 is 0 Å². The summed E-state index contributed by atoms with van der Waals surface area (Å²) in [6, 6.07) is 0. The van der Waals surface area contributed by atoms with Crippen LogP contribution >= 0.6 is 0 Å². The predicted molar refractivity (Wildman–Crippen MR) is 127 cm³/mol. The van der Waals surface area contributed by atoms with E-state index in [1.165, 1.54) is 50.5 Å². The van der Waals surface area contributed by atoms with Crippen LogP contribution in [-0.2, 0) is 4.79 Å². The number of allylic oxidation sites excluding steroid dienone is 6. The Morgan fingerprint density at radius 2 is 1.83 bits per heavy atom. The van der Waals surface area contributed by atoms with Crippen molar-refractivity contribution in [1.82, 2.24) is 0 Å². The van der Waals surface area contributed by atoms with Crippen molar-refractivity contribution in [3.05, 3.63) is 36.0 Å². The van der Waals surface area contributed by atoms with Crippen LogP contribution < -0.4 is 0 Å². The Balaban J connectivity index is 1.58. The minimum atomic E-state index is 0.226. The first kappa shape index (κ1) is 22.1. The molecule has 0 aromatic rings. The highest BCUT2D eigenvalue weighted by Gasteiger charge is 2.60. The minimum absolute atomic E-state index is 0.226. The molecule has 166 valence electrons. The molecule has 0 aromatic heterocycles. The summed E-state index contributed by atoms with van der Waals surface area (Å²) in [4.78, 5) is 13.4. The topological polar surface area (TPSA) is 17.1 Å². The van der Waals surface area contributed by atoms with Gasteiger partial charge in [0.15, 0.2) is 5.78 Å². The molecule has 0 N–H and O–H groups in total. The maximum Gasteiger partial charge on any atom is 0.159 e. The van der Waals surface area contributed by atoms with Crippen molar-refractivity contribution in [2.24, 2.45) is 52.3 Å². The van der Waals surface area contributed by atoms with Crippen molar-refractivity contribution in [2.75, 3.05) is 0 Å². The van der Waals surface area contributed by atoms with Gasteiger partial charge in [-0.3, -0.25) is 4.79 Å². The second-order valence-electron chi connectivity index (χ2n) is 11.9. The van der Waals surface area contributed by atoms with Gasteiger partial charge in [-0.1, -0.05) is 65.8 Å². The largest absolute Gasteiger partial charge is 0.295 e. The SMILES string of the molecule is CCC(C=CC(C)C1CCC2C3C(=O)C=C4C=CCCC4(C)C3CCC12C)C(C)C. The number of hydrogen-bond acceptors (Lipinski definition) is 1. The van der Waals surface area contributed by atoms with Crippen molar-refractivity contribution in [3.8, 4) is 0 Å². The fourth-order valence-corrected chi connectivity index (χ4v) is 8.23. The highest BCUT2D eigenvalue weighted by Crippen LogP contribution is 2.66. The van der Waals surface area contributed by atoms with Crippen LogP contribution in [-0.4, -0.2) is 5.78 Å². The number of carbonyl (C=O) groups is 1. The summed E-state index contributed by atoms with van der Waals surface area (Å²) in [5.41, 5.74) is 1.88. The van der Waals surface area contributed by atoms with Gasteiger partial charge in [0.25, 0.3) is 0 Å². The van der Waals surface area contributed by atoms with Crippen molar-refractivity contribution in [3.63, 3.8) is 0 Å². The van der Waals surface area contributed by atoms with E-state index >= 15 is 0 Å². The molecule has 4 rings (SSSR count). The molecular formula is C29H44O. The molecule has 0 spiro atoms. The molecule has 30 heavy (non-hydrogen) atoms. The minimum Gasteiger partial charge on any atom is -0.295 e. The second kappa shape index (κ2) is 8.10. The molecule has 1 nitrogen and oxygen atoms in total. The van der Waals surface area contributed by atoms with E-state index in [4.69, 9.17) is 0 Å². The zero-order valence-corrected chi connectivity index (χ0v) is 20.3. The molecule has 0 radical (unpaired) electrons.